The van der Waals surface area contributed by atoms with Crippen LogP contribution in [0.1, 0.15) is 29.0 Å². The number of piperazine rings is 1. The number of thiazole rings is 1. The van der Waals surface area contributed by atoms with Gasteiger partial charge in [0.2, 0.25) is 0 Å². The van der Waals surface area contributed by atoms with Gasteiger partial charge in [-0.05, 0) is 30.7 Å². The number of aromatic nitrogens is 1. The molecule has 2 aromatic rings. The van der Waals surface area contributed by atoms with E-state index < -0.39 is 0 Å². The lowest BCUT2D eigenvalue weighted by Gasteiger charge is -2.41. The summed E-state index contributed by atoms with van der Waals surface area (Å²) in [6, 6.07) is 4.77. The lowest BCUT2D eigenvalue weighted by Crippen LogP contribution is -2.52. The van der Waals surface area contributed by atoms with E-state index in [2.05, 4.69) is 43.4 Å². The van der Waals surface area contributed by atoms with Crippen LogP contribution in [0.4, 0.5) is 5.13 Å². The molecule has 0 aromatic carbocycles. The minimum absolute atomic E-state index is 0.263. The lowest BCUT2D eigenvalue weighted by atomic mass is 10.1. The van der Waals surface area contributed by atoms with E-state index in [1.165, 1.54) is 27.7 Å². The molecule has 0 amide bonds. The van der Waals surface area contributed by atoms with Crippen molar-refractivity contribution in [2.45, 2.75) is 38.4 Å². The van der Waals surface area contributed by atoms with Crippen molar-refractivity contribution in [2.24, 2.45) is 0 Å². The van der Waals surface area contributed by atoms with Crippen LogP contribution in [0.5, 0.6) is 0 Å². The van der Waals surface area contributed by atoms with Gasteiger partial charge < -0.3 is 10.0 Å². The highest BCUT2D eigenvalue weighted by molar-refractivity contribution is 7.15. The highest BCUT2D eigenvalue weighted by Gasteiger charge is 2.27. The van der Waals surface area contributed by atoms with Gasteiger partial charge in [0.1, 0.15) is 0 Å². The predicted molar refractivity (Wildman–Crippen MR) is 109 cm³/mol. The fourth-order valence-corrected chi connectivity index (χ4v) is 5.71. The summed E-state index contributed by atoms with van der Waals surface area (Å²) >= 11 is 3.68. The van der Waals surface area contributed by atoms with Crippen LogP contribution >= 0.6 is 22.7 Å². The Balaban J connectivity index is 1.34. The van der Waals surface area contributed by atoms with E-state index in [9.17, 15) is 5.11 Å². The molecule has 2 fully saturated rings. The van der Waals surface area contributed by atoms with Gasteiger partial charge in [-0.15, -0.1) is 22.7 Å². The zero-order valence-electron chi connectivity index (χ0n) is 15.2. The Morgan fingerprint density at radius 1 is 1.12 bits per heavy atom. The van der Waals surface area contributed by atoms with Crippen molar-refractivity contribution >= 4 is 27.8 Å². The van der Waals surface area contributed by atoms with Crippen LogP contribution in [-0.4, -0.2) is 65.3 Å². The summed E-state index contributed by atoms with van der Waals surface area (Å²) in [4.78, 5) is 14.9. The van der Waals surface area contributed by atoms with Gasteiger partial charge >= 0.3 is 0 Å². The van der Waals surface area contributed by atoms with Gasteiger partial charge in [0, 0.05) is 74.4 Å². The molecule has 2 aromatic heterocycles. The largest absolute Gasteiger partial charge is 0.396 e. The quantitative estimate of drug-likeness (QED) is 0.785. The van der Waals surface area contributed by atoms with E-state index in [0.717, 1.165) is 52.2 Å². The Hall–Kier alpha value is -0.990. The molecule has 0 aliphatic carbocycles. The summed E-state index contributed by atoms with van der Waals surface area (Å²) in [7, 11) is 0. The van der Waals surface area contributed by atoms with E-state index in [1.807, 2.05) is 22.7 Å². The van der Waals surface area contributed by atoms with Gasteiger partial charge in [0.15, 0.2) is 5.13 Å². The molecule has 1 atom stereocenters. The van der Waals surface area contributed by atoms with Gasteiger partial charge in [0.05, 0.1) is 0 Å². The molecule has 5 nitrogen and oxygen atoms in total. The second kappa shape index (κ2) is 8.80. The maximum atomic E-state index is 9.51. The molecule has 2 aliphatic rings. The van der Waals surface area contributed by atoms with E-state index in [0.29, 0.717) is 6.04 Å². The SMILES string of the molecule is OCCC1CN(Cc2cnc(N3CCCC3)s2)CCN1Cc1cccs1. The second-order valence-electron chi connectivity index (χ2n) is 7.25. The summed E-state index contributed by atoms with van der Waals surface area (Å²) in [5.74, 6) is 0. The maximum absolute atomic E-state index is 9.51. The molecule has 1 unspecified atom stereocenters. The predicted octanol–water partition coefficient (Wildman–Crippen LogP) is 2.87. The summed E-state index contributed by atoms with van der Waals surface area (Å²) in [5.41, 5.74) is 0. The lowest BCUT2D eigenvalue weighted by molar-refractivity contribution is 0.0511. The average molecular weight is 393 g/mol. The number of aliphatic hydroxyl groups is 1. The van der Waals surface area contributed by atoms with Crippen LogP contribution in [0.15, 0.2) is 23.7 Å². The molecular formula is C19H28N4OS2. The first-order valence-electron chi connectivity index (χ1n) is 9.61. The van der Waals surface area contributed by atoms with E-state index in [4.69, 9.17) is 0 Å². The van der Waals surface area contributed by atoms with Gasteiger partial charge in [-0.3, -0.25) is 9.80 Å². The Kier molecular flexibility index (Phi) is 6.22. The smallest absolute Gasteiger partial charge is 0.185 e. The zero-order valence-corrected chi connectivity index (χ0v) is 16.9. The third-order valence-corrected chi connectivity index (χ3v) is 7.29. The molecule has 0 spiro atoms. The number of thiophene rings is 1. The number of anilines is 1. The highest BCUT2D eigenvalue weighted by Crippen LogP contribution is 2.27. The Labute approximate surface area is 163 Å². The topological polar surface area (TPSA) is 42.8 Å². The maximum Gasteiger partial charge on any atom is 0.185 e. The number of rotatable bonds is 7. The number of hydrogen-bond donors (Lipinski definition) is 1. The third-order valence-electron chi connectivity index (χ3n) is 5.39. The summed E-state index contributed by atoms with van der Waals surface area (Å²) in [6.07, 6.45) is 5.51. The van der Waals surface area contributed by atoms with Crippen molar-refractivity contribution in [2.75, 3.05) is 44.2 Å². The normalized spacial score (nSPS) is 22.3. The van der Waals surface area contributed by atoms with Crippen LogP contribution in [0.25, 0.3) is 0 Å². The molecule has 4 rings (SSSR count). The third kappa shape index (κ3) is 4.46. The fourth-order valence-electron chi connectivity index (χ4n) is 3.98. The van der Waals surface area contributed by atoms with Gasteiger partial charge in [-0.1, -0.05) is 6.07 Å². The summed E-state index contributed by atoms with van der Waals surface area (Å²) in [5, 5.41) is 12.8. The number of hydrogen-bond acceptors (Lipinski definition) is 7. The van der Waals surface area contributed by atoms with Crippen LogP contribution in [0.2, 0.25) is 0 Å². The number of nitrogens with zero attached hydrogens (tertiary/aromatic N) is 4. The minimum Gasteiger partial charge on any atom is -0.396 e. The average Bonchev–Trinajstić information content (AvgIpc) is 3.39. The fraction of sp³-hybridized carbons (Fsp3) is 0.632. The van der Waals surface area contributed by atoms with Crippen molar-refractivity contribution in [1.82, 2.24) is 14.8 Å². The summed E-state index contributed by atoms with van der Waals surface area (Å²) in [6.45, 7) is 7.77. The van der Waals surface area contributed by atoms with Crippen LogP contribution in [0.3, 0.4) is 0 Å². The van der Waals surface area contributed by atoms with Crippen LogP contribution < -0.4 is 4.90 Å². The van der Waals surface area contributed by atoms with Crippen molar-refractivity contribution in [3.8, 4) is 0 Å². The van der Waals surface area contributed by atoms with Crippen molar-refractivity contribution in [1.29, 1.82) is 0 Å². The molecule has 142 valence electrons. The van der Waals surface area contributed by atoms with E-state index in [-0.39, 0.29) is 6.61 Å². The minimum atomic E-state index is 0.263. The Morgan fingerprint density at radius 3 is 2.77 bits per heavy atom. The highest BCUT2D eigenvalue weighted by atomic mass is 32.1. The Morgan fingerprint density at radius 2 is 2.00 bits per heavy atom. The van der Waals surface area contributed by atoms with E-state index >= 15 is 0 Å². The first-order chi connectivity index (χ1) is 12.8. The van der Waals surface area contributed by atoms with Gasteiger partial charge in [0.25, 0.3) is 0 Å². The molecule has 26 heavy (non-hydrogen) atoms. The monoisotopic (exact) mass is 392 g/mol. The molecule has 1 N–H and O–H groups in total. The van der Waals surface area contributed by atoms with Gasteiger partial charge in [-0.25, -0.2) is 4.98 Å². The van der Waals surface area contributed by atoms with Crippen molar-refractivity contribution in [3.63, 3.8) is 0 Å². The molecule has 0 radical (unpaired) electrons. The first-order valence-corrected chi connectivity index (χ1v) is 11.3. The molecule has 0 saturated carbocycles. The zero-order chi connectivity index (χ0) is 17.8. The van der Waals surface area contributed by atoms with Crippen LogP contribution in [-0.2, 0) is 13.1 Å². The molecule has 7 heteroatoms. The molecule has 0 bridgehead atoms. The van der Waals surface area contributed by atoms with Crippen LogP contribution in [0, 0.1) is 0 Å². The first kappa shape index (κ1) is 18.4. The van der Waals surface area contributed by atoms with Crippen molar-refractivity contribution < 1.29 is 5.11 Å². The summed E-state index contributed by atoms with van der Waals surface area (Å²) < 4.78 is 0. The molecule has 2 aliphatic heterocycles. The number of aliphatic hydroxyl groups excluding tert-OH is 1. The standard InChI is InChI=1S/C19H28N4OS2/c24-10-5-16-13-21(8-9-23(16)15-17-4-3-11-25-17)14-18-12-20-19(26-18)22-6-1-2-7-22/h3-4,11-12,16,24H,1-2,5-10,13-15H2. The molecule has 4 heterocycles. The molecule has 2 saturated heterocycles. The van der Waals surface area contributed by atoms with Gasteiger partial charge in [-0.2, -0.15) is 0 Å². The van der Waals surface area contributed by atoms with Crippen molar-refractivity contribution in [3.05, 3.63) is 33.5 Å². The van der Waals surface area contributed by atoms with E-state index in [1.54, 1.807) is 0 Å². The Bertz CT molecular complexity index is 669. The molecular weight excluding hydrogens is 364 g/mol. The second-order valence-corrected chi connectivity index (χ2v) is 9.38.